The molecule has 0 amide bonds. The summed E-state index contributed by atoms with van der Waals surface area (Å²) in [5.74, 6) is 1.21. The van der Waals surface area contributed by atoms with Gasteiger partial charge in [0.05, 0.1) is 26.4 Å². The van der Waals surface area contributed by atoms with E-state index >= 15 is 0 Å². The average Bonchev–Trinajstić information content (AvgIpc) is 2.38. The number of ether oxygens (including phenoxy) is 3. The maximum atomic E-state index is 11.9. The third kappa shape index (κ3) is 3.75. The summed E-state index contributed by atoms with van der Waals surface area (Å²) in [6.07, 6.45) is 0.358. The fourth-order valence-corrected chi connectivity index (χ4v) is 1.47. The van der Waals surface area contributed by atoms with Crippen molar-refractivity contribution in [2.75, 3.05) is 27.4 Å². The van der Waals surface area contributed by atoms with Gasteiger partial charge < -0.3 is 14.2 Å². The topological polar surface area (TPSA) is 44.8 Å². The maximum Gasteiger partial charge on any atom is 0.168 e. The maximum absolute atomic E-state index is 11.9. The van der Waals surface area contributed by atoms with Crippen LogP contribution in [-0.4, -0.2) is 33.2 Å². The summed E-state index contributed by atoms with van der Waals surface area (Å²) in [4.78, 5) is 11.9. The number of methoxy groups -OCH3 is 2. The van der Waals surface area contributed by atoms with Gasteiger partial charge in [-0.2, -0.15) is 0 Å². The lowest BCUT2D eigenvalue weighted by Crippen LogP contribution is -2.06. The summed E-state index contributed by atoms with van der Waals surface area (Å²) in [5, 5.41) is 0. The summed E-state index contributed by atoms with van der Waals surface area (Å²) in [7, 11) is 3.11. The SMILES string of the molecule is CCOCCC(=O)c1ccc(OC)cc1OC. The molecule has 4 heteroatoms. The van der Waals surface area contributed by atoms with Gasteiger partial charge in [-0.25, -0.2) is 0 Å². The molecule has 0 atom stereocenters. The smallest absolute Gasteiger partial charge is 0.168 e. The Kier molecular flexibility index (Phi) is 5.49. The van der Waals surface area contributed by atoms with Gasteiger partial charge in [0.25, 0.3) is 0 Å². The Balaban J connectivity index is 2.78. The predicted molar refractivity (Wildman–Crippen MR) is 65.0 cm³/mol. The highest BCUT2D eigenvalue weighted by Gasteiger charge is 2.12. The second-order valence-electron chi connectivity index (χ2n) is 3.44. The Morgan fingerprint density at radius 2 is 2.00 bits per heavy atom. The Bertz CT molecular complexity index is 374. The Hall–Kier alpha value is -1.55. The highest BCUT2D eigenvalue weighted by molar-refractivity contribution is 5.98. The first-order valence-electron chi connectivity index (χ1n) is 5.55. The molecule has 0 aromatic heterocycles. The van der Waals surface area contributed by atoms with Crippen LogP contribution in [0.15, 0.2) is 18.2 Å². The van der Waals surface area contributed by atoms with Gasteiger partial charge in [-0.05, 0) is 19.1 Å². The summed E-state index contributed by atoms with van der Waals surface area (Å²) in [5.41, 5.74) is 0.563. The molecule has 0 radical (unpaired) electrons. The van der Waals surface area contributed by atoms with E-state index in [1.54, 1.807) is 25.3 Å². The van der Waals surface area contributed by atoms with E-state index < -0.39 is 0 Å². The number of hydrogen-bond acceptors (Lipinski definition) is 4. The number of benzene rings is 1. The minimum atomic E-state index is 0.0120. The zero-order valence-electron chi connectivity index (χ0n) is 10.5. The van der Waals surface area contributed by atoms with Gasteiger partial charge in [-0.15, -0.1) is 0 Å². The van der Waals surface area contributed by atoms with Crippen molar-refractivity contribution in [3.63, 3.8) is 0 Å². The third-order valence-corrected chi connectivity index (χ3v) is 2.39. The summed E-state index contributed by atoms with van der Waals surface area (Å²) in [6, 6.07) is 5.16. The molecular weight excluding hydrogens is 220 g/mol. The lowest BCUT2D eigenvalue weighted by molar-refractivity contribution is 0.0893. The van der Waals surface area contributed by atoms with Crippen LogP contribution in [0.4, 0.5) is 0 Å². The summed E-state index contributed by atoms with van der Waals surface area (Å²) in [6.45, 7) is 2.95. The van der Waals surface area contributed by atoms with Crippen molar-refractivity contribution in [2.45, 2.75) is 13.3 Å². The van der Waals surface area contributed by atoms with E-state index in [1.807, 2.05) is 6.92 Å². The molecule has 1 rings (SSSR count). The lowest BCUT2D eigenvalue weighted by Gasteiger charge is -2.09. The minimum Gasteiger partial charge on any atom is -0.497 e. The van der Waals surface area contributed by atoms with E-state index in [-0.39, 0.29) is 5.78 Å². The Morgan fingerprint density at radius 1 is 1.24 bits per heavy atom. The van der Waals surface area contributed by atoms with Gasteiger partial charge in [0.2, 0.25) is 0 Å². The van der Waals surface area contributed by atoms with Gasteiger partial charge in [0.15, 0.2) is 5.78 Å². The van der Waals surface area contributed by atoms with E-state index in [4.69, 9.17) is 14.2 Å². The second kappa shape index (κ2) is 6.91. The molecule has 0 aliphatic heterocycles. The average molecular weight is 238 g/mol. The van der Waals surface area contributed by atoms with Gasteiger partial charge in [-0.1, -0.05) is 0 Å². The number of carbonyl (C=O) groups excluding carboxylic acids is 1. The highest BCUT2D eigenvalue weighted by Crippen LogP contribution is 2.25. The number of rotatable bonds is 7. The van der Waals surface area contributed by atoms with Crippen molar-refractivity contribution in [3.05, 3.63) is 23.8 Å². The monoisotopic (exact) mass is 238 g/mol. The highest BCUT2D eigenvalue weighted by atomic mass is 16.5. The molecule has 0 fully saturated rings. The van der Waals surface area contributed by atoms with Crippen LogP contribution in [0.3, 0.4) is 0 Å². The zero-order chi connectivity index (χ0) is 12.7. The van der Waals surface area contributed by atoms with Crippen molar-refractivity contribution in [1.29, 1.82) is 0 Å². The van der Waals surface area contributed by atoms with Crippen LogP contribution in [0.2, 0.25) is 0 Å². The third-order valence-electron chi connectivity index (χ3n) is 2.39. The lowest BCUT2D eigenvalue weighted by atomic mass is 10.1. The number of carbonyl (C=O) groups is 1. The quantitative estimate of drug-likeness (QED) is 0.540. The Labute approximate surface area is 101 Å². The van der Waals surface area contributed by atoms with Gasteiger partial charge in [0.1, 0.15) is 11.5 Å². The normalized spacial score (nSPS) is 10.1. The molecule has 94 valence electrons. The molecule has 0 spiro atoms. The molecule has 0 unspecified atom stereocenters. The molecule has 0 aliphatic rings. The van der Waals surface area contributed by atoms with Crippen LogP contribution in [0.25, 0.3) is 0 Å². The molecule has 1 aromatic rings. The van der Waals surface area contributed by atoms with Gasteiger partial charge in [-0.3, -0.25) is 4.79 Å². The molecule has 0 N–H and O–H groups in total. The van der Waals surface area contributed by atoms with Crippen molar-refractivity contribution in [1.82, 2.24) is 0 Å². The van der Waals surface area contributed by atoms with Gasteiger partial charge in [0, 0.05) is 19.1 Å². The van der Waals surface area contributed by atoms with Crippen molar-refractivity contribution in [3.8, 4) is 11.5 Å². The van der Waals surface area contributed by atoms with Gasteiger partial charge >= 0.3 is 0 Å². The van der Waals surface area contributed by atoms with E-state index in [9.17, 15) is 4.79 Å². The number of ketones is 1. The van der Waals surface area contributed by atoms with Crippen molar-refractivity contribution >= 4 is 5.78 Å². The fraction of sp³-hybridized carbons (Fsp3) is 0.462. The molecule has 0 saturated heterocycles. The number of Topliss-reactive ketones (excluding diaryl/α,β-unsaturated/α-hetero) is 1. The number of hydrogen-bond donors (Lipinski definition) is 0. The van der Waals surface area contributed by atoms with Crippen LogP contribution in [0.5, 0.6) is 11.5 Å². The largest absolute Gasteiger partial charge is 0.497 e. The summed E-state index contributed by atoms with van der Waals surface area (Å²) >= 11 is 0. The molecule has 1 aromatic carbocycles. The van der Waals surface area contributed by atoms with E-state index in [0.717, 1.165) is 0 Å². The zero-order valence-corrected chi connectivity index (χ0v) is 10.5. The van der Waals surface area contributed by atoms with Crippen molar-refractivity contribution < 1.29 is 19.0 Å². The minimum absolute atomic E-state index is 0.0120. The van der Waals surface area contributed by atoms with Crippen LogP contribution >= 0.6 is 0 Å². The molecule has 0 heterocycles. The van der Waals surface area contributed by atoms with E-state index in [2.05, 4.69) is 0 Å². The molecule has 4 nitrogen and oxygen atoms in total. The molecule has 17 heavy (non-hydrogen) atoms. The van der Waals surface area contributed by atoms with E-state index in [1.165, 1.54) is 7.11 Å². The van der Waals surface area contributed by atoms with Crippen LogP contribution in [0.1, 0.15) is 23.7 Å². The molecule has 0 aliphatic carbocycles. The Morgan fingerprint density at radius 3 is 2.59 bits per heavy atom. The first kappa shape index (κ1) is 13.5. The predicted octanol–water partition coefficient (Wildman–Crippen LogP) is 2.31. The van der Waals surface area contributed by atoms with Crippen LogP contribution in [0, 0.1) is 0 Å². The fourth-order valence-electron chi connectivity index (χ4n) is 1.47. The molecular formula is C13H18O4. The summed E-state index contributed by atoms with van der Waals surface area (Å²) < 4.78 is 15.4. The first-order valence-corrected chi connectivity index (χ1v) is 5.55. The standard InChI is InChI=1S/C13H18O4/c1-4-17-8-7-12(14)11-6-5-10(15-2)9-13(11)16-3/h5-6,9H,4,7-8H2,1-3H3. The van der Waals surface area contributed by atoms with Crippen molar-refractivity contribution in [2.24, 2.45) is 0 Å². The molecule has 0 bridgehead atoms. The first-order chi connectivity index (χ1) is 8.22. The molecule has 0 saturated carbocycles. The van der Waals surface area contributed by atoms with Crippen LogP contribution < -0.4 is 9.47 Å². The van der Waals surface area contributed by atoms with E-state index in [0.29, 0.717) is 36.7 Å². The van der Waals surface area contributed by atoms with Crippen LogP contribution in [-0.2, 0) is 4.74 Å². The second-order valence-corrected chi connectivity index (χ2v) is 3.44.